The van der Waals surface area contributed by atoms with Crippen LogP contribution in [0.2, 0.25) is 0 Å². The zero-order valence-electron chi connectivity index (χ0n) is 10.1. The Hall–Kier alpha value is -1.07. The van der Waals surface area contributed by atoms with E-state index in [9.17, 15) is 9.90 Å². The maximum atomic E-state index is 11.6. The van der Waals surface area contributed by atoms with Crippen LogP contribution in [0.4, 0.5) is 0 Å². The average molecular weight is 302 g/mol. The van der Waals surface area contributed by atoms with Crippen molar-refractivity contribution in [1.82, 2.24) is 4.90 Å². The number of carbonyl (C=O) groups excluding carboxylic acids is 1. The standard InChI is InChI=1S/C12H16BrNO3/c1-8(12(16)14(2)3)17-11-5-4-10(13)6-9(11)7-15/h4-6,8,15H,7H2,1-3H3. The molecule has 1 N–H and O–H groups in total. The second kappa shape index (κ2) is 6.02. The first kappa shape index (κ1) is 14.0. The van der Waals surface area contributed by atoms with Gasteiger partial charge in [-0.2, -0.15) is 0 Å². The van der Waals surface area contributed by atoms with E-state index in [0.717, 1.165) is 4.47 Å². The van der Waals surface area contributed by atoms with Crippen molar-refractivity contribution in [3.63, 3.8) is 0 Å². The third-order valence-electron chi connectivity index (χ3n) is 2.29. The number of benzene rings is 1. The van der Waals surface area contributed by atoms with E-state index >= 15 is 0 Å². The van der Waals surface area contributed by atoms with Crippen molar-refractivity contribution in [2.24, 2.45) is 0 Å². The van der Waals surface area contributed by atoms with Crippen molar-refractivity contribution >= 4 is 21.8 Å². The molecule has 1 aromatic rings. The molecule has 5 heteroatoms. The number of nitrogens with zero attached hydrogens (tertiary/aromatic N) is 1. The van der Waals surface area contributed by atoms with Crippen molar-refractivity contribution in [2.75, 3.05) is 14.1 Å². The SMILES string of the molecule is CC(Oc1ccc(Br)cc1CO)C(=O)N(C)C. The summed E-state index contributed by atoms with van der Waals surface area (Å²) in [4.78, 5) is 13.1. The Morgan fingerprint density at radius 3 is 2.71 bits per heavy atom. The second-order valence-corrected chi connectivity index (χ2v) is 4.82. The smallest absolute Gasteiger partial charge is 0.262 e. The summed E-state index contributed by atoms with van der Waals surface area (Å²) in [7, 11) is 3.35. The molecule has 0 aliphatic carbocycles. The zero-order valence-corrected chi connectivity index (χ0v) is 11.7. The molecule has 1 unspecified atom stereocenters. The number of ether oxygens (including phenoxy) is 1. The van der Waals surface area contributed by atoms with Gasteiger partial charge in [0, 0.05) is 24.1 Å². The third kappa shape index (κ3) is 3.71. The van der Waals surface area contributed by atoms with Crippen LogP contribution in [0.1, 0.15) is 12.5 Å². The summed E-state index contributed by atoms with van der Waals surface area (Å²) in [5, 5.41) is 9.21. The van der Waals surface area contributed by atoms with Crippen LogP contribution in [0.25, 0.3) is 0 Å². The molecule has 4 nitrogen and oxygen atoms in total. The van der Waals surface area contributed by atoms with E-state index in [2.05, 4.69) is 15.9 Å². The quantitative estimate of drug-likeness (QED) is 0.922. The van der Waals surface area contributed by atoms with Crippen LogP contribution < -0.4 is 4.74 Å². The number of likely N-dealkylation sites (N-methyl/N-ethyl adjacent to an activating group) is 1. The third-order valence-corrected chi connectivity index (χ3v) is 2.78. The van der Waals surface area contributed by atoms with Crippen molar-refractivity contribution in [1.29, 1.82) is 0 Å². The van der Waals surface area contributed by atoms with Gasteiger partial charge in [0.05, 0.1) is 6.61 Å². The molecule has 0 saturated heterocycles. The molecule has 0 radical (unpaired) electrons. The molecule has 17 heavy (non-hydrogen) atoms. The minimum Gasteiger partial charge on any atom is -0.481 e. The van der Waals surface area contributed by atoms with Gasteiger partial charge in [-0.3, -0.25) is 4.79 Å². The maximum absolute atomic E-state index is 11.6. The number of hydrogen-bond acceptors (Lipinski definition) is 3. The molecule has 0 aromatic heterocycles. The first-order chi connectivity index (χ1) is 7.95. The highest BCUT2D eigenvalue weighted by Crippen LogP contribution is 2.24. The van der Waals surface area contributed by atoms with Crippen LogP contribution in [-0.2, 0) is 11.4 Å². The molecule has 0 saturated carbocycles. The van der Waals surface area contributed by atoms with E-state index in [-0.39, 0.29) is 12.5 Å². The molecular weight excluding hydrogens is 286 g/mol. The van der Waals surface area contributed by atoms with E-state index in [0.29, 0.717) is 11.3 Å². The summed E-state index contributed by atoms with van der Waals surface area (Å²) in [5.74, 6) is 0.412. The zero-order chi connectivity index (χ0) is 13.0. The van der Waals surface area contributed by atoms with Gasteiger partial charge in [0.15, 0.2) is 6.10 Å². The highest BCUT2D eigenvalue weighted by atomic mass is 79.9. The predicted octanol–water partition coefficient (Wildman–Crippen LogP) is 1.80. The molecule has 1 rings (SSSR count). The van der Waals surface area contributed by atoms with Crippen LogP contribution in [0, 0.1) is 0 Å². The van der Waals surface area contributed by atoms with Gasteiger partial charge in [-0.25, -0.2) is 0 Å². The Morgan fingerprint density at radius 1 is 1.53 bits per heavy atom. The summed E-state index contributed by atoms with van der Waals surface area (Å²) < 4.78 is 6.40. The monoisotopic (exact) mass is 301 g/mol. The normalized spacial score (nSPS) is 12.1. The van der Waals surface area contributed by atoms with E-state index in [1.54, 1.807) is 39.2 Å². The lowest BCUT2D eigenvalue weighted by Crippen LogP contribution is -2.35. The summed E-state index contributed by atoms with van der Waals surface area (Å²) in [6, 6.07) is 5.30. The number of hydrogen-bond donors (Lipinski definition) is 1. The number of aliphatic hydroxyl groups excluding tert-OH is 1. The van der Waals surface area contributed by atoms with Gasteiger partial charge in [-0.1, -0.05) is 15.9 Å². The molecular formula is C12H16BrNO3. The fourth-order valence-electron chi connectivity index (χ4n) is 1.39. The minimum absolute atomic E-state index is 0.114. The van der Waals surface area contributed by atoms with E-state index in [1.807, 2.05) is 0 Å². The van der Waals surface area contributed by atoms with Crippen LogP contribution >= 0.6 is 15.9 Å². The van der Waals surface area contributed by atoms with E-state index < -0.39 is 6.10 Å². The second-order valence-electron chi connectivity index (χ2n) is 3.90. The number of amides is 1. The lowest BCUT2D eigenvalue weighted by molar-refractivity contribution is -0.135. The largest absolute Gasteiger partial charge is 0.481 e. The predicted molar refractivity (Wildman–Crippen MR) is 68.8 cm³/mol. The fraction of sp³-hybridized carbons (Fsp3) is 0.417. The summed E-state index contributed by atoms with van der Waals surface area (Å²) >= 11 is 3.31. The fourth-order valence-corrected chi connectivity index (χ4v) is 1.80. The first-order valence-corrected chi connectivity index (χ1v) is 6.02. The summed E-state index contributed by atoms with van der Waals surface area (Å²) in [6.45, 7) is 1.56. The highest BCUT2D eigenvalue weighted by Gasteiger charge is 2.17. The molecule has 0 aliphatic heterocycles. The molecule has 0 spiro atoms. The Labute approximate surface area is 109 Å². The Morgan fingerprint density at radius 2 is 2.18 bits per heavy atom. The maximum Gasteiger partial charge on any atom is 0.262 e. The van der Waals surface area contributed by atoms with Gasteiger partial charge >= 0.3 is 0 Å². The molecule has 0 heterocycles. The average Bonchev–Trinajstić information content (AvgIpc) is 2.30. The lowest BCUT2D eigenvalue weighted by atomic mass is 10.2. The van der Waals surface area contributed by atoms with Crippen molar-refractivity contribution < 1.29 is 14.6 Å². The molecule has 1 aromatic carbocycles. The van der Waals surface area contributed by atoms with Crippen LogP contribution in [0.5, 0.6) is 5.75 Å². The van der Waals surface area contributed by atoms with Gasteiger partial charge in [0.1, 0.15) is 5.75 Å². The van der Waals surface area contributed by atoms with Crippen LogP contribution in [-0.4, -0.2) is 36.1 Å². The Kier molecular flexibility index (Phi) is 4.96. The van der Waals surface area contributed by atoms with Gasteiger partial charge < -0.3 is 14.7 Å². The highest BCUT2D eigenvalue weighted by molar-refractivity contribution is 9.10. The molecule has 0 fully saturated rings. The van der Waals surface area contributed by atoms with Gasteiger partial charge in [0.2, 0.25) is 0 Å². The Bertz CT molecular complexity index is 407. The van der Waals surface area contributed by atoms with Crippen molar-refractivity contribution in [2.45, 2.75) is 19.6 Å². The summed E-state index contributed by atoms with van der Waals surface area (Å²) in [6.07, 6.45) is -0.573. The minimum atomic E-state index is -0.573. The first-order valence-electron chi connectivity index (χ1n) is 5.22. The Balaban J connectivity index is 2.84. The van der Waals surface area contributed by atoms with Crippen molar-refractivity contribution in [3.05, 3.63) is 28.2 Å². The van der Waals surface area contributed by atoms with Gasteiger partial charge in [-0.05, 0) is 25.1 Å². The molecule has 0 bridgehead atoms. The van der Waals surface area contributed by atoms with E-state index in [1.165, 1.54) is 4.90 Å². The number of halogens is 1. The molecule has 94 valence electrons. The topological polar surface area (TPSA) is 49.8 Å². The van der Waals surface area contributed by atoms with Crippen molar-refractivity contribution in [3.8, 4) is 5.75 Å². The lowest BCUT2D eigenvalue weighted by Gasteiger charge is -2.19. The van der Waals surface area contributed by atoms with Gasteiger partial charge in [0.25, 0.3) is 5.91 Å². The summed E-state index contributed by atoms with van der Waals surface area (Å²) in [5.41, 5.74) is 0.651. The van der Waals surface area contributed by atoms with E-state index in [4.69, 9.17) is 4.74 Å². The molecule has 0 aliphatic rings. The number of aliphatic hydroxyl groups is 1. The number of rotatable bonds is 4. The van der Waals surface area contributed by atoms with Crippen LogP contribution in [0.3, 0.4) is 0 Å². The number of carbonyl (C=O) groups is 1. The van der Waals surface area contributed by atoms with Crippen LogP contribution in [0.15, 0.2) is 22.7 Å². The van der Waals surface area contributed by atoms with Gasteiger partial charge in [-0.15, -0.1) is 0 Å². The molecule has 1 atom stereocenters. The molecule has 1 amide bonds.